The van der Waals surface area contributed by atoms with E-state index in [2.05, 4.69) is 21.2 Å². The van der Waals surface area contributed by atoms with Gasteiger partial charge in [-0.25, -0.2) is 4.79 Å². The van der Waals surface area contributed by atoms with Crippen molar-refractivity contribution in [3.63, 3.8) is 0 Å². The van der Waals surface area contributed by atoms with Gasteiger partial charge in [0.25, 0.3) is 11.8 Å². The van der Waals surface area contributed by atoms with Crippen LogP contribution in [0, 0.1) is 0 Å². The third-order valence-electron chi connectivity index (χ3n) is 5.27. The monoisotopic (exact) mass is 513 g/mol. The summed E-state index contributed by atoms with van der Waals surface area (Å²) in [5, 5.41) is 3.38. The van der Waals surface area contributed by atoms with Gasteiger partial charge >= 0.3 is 6.09 Å². The first-order valence-electron chi connectivity index (χ1n) is 10.5. The zero-order valence-electron chi connectivity index (χ0n) is 18.5. The van der Waals surface area contributed by atoms with E-state index in [0.717, 1.165) is 15.6 Å². The number of rotatable bonds is 3. The molecule has 0 saturated carbocycles. The number of hydrogen-bond donors (Lipinski definition) is 2. The Bertz CT molecular complexity index is 1280. The number of fused-ring (bicyclic) bond motifs is 2. The second-order valence-electron chi connectivity index (χ2n) is 8.86. The van der Waals surface area contributed by atoms with Crippen molar-refractivity contribution in [3.05, 3.63) is 63.3 Å². The van der Waals surface area contributed by atoms with Gasteiger partial charge < -0.3 is 25.1 Å². The van der Waals surface area contributed by atoms with Crippen molar-refractivity contribution in [2.45, 2.75) is 39.3 Å². The lowest BCUT2D eigenvalue weighted by molar-refractivity contribution is 0.0224. The minimum atomic E-state index is -0.777. The SMILES string of the molecule is CC(C)(C)OC(=O)N1CCc2c(cccc2C(=O)Nc2c(C(N)=O)oc3ccc(Br)cc23)C1. The summed E-state index contributed by atoms with van der Waals surface area (Å²) in [5.74, 6) is -1.28. The first-order valence-corrected chi connectivity index (χ1v) is 11.2. The molecule has 0 aliphatic carbocycles. The second kappa shape index (κ2) is 8.55. The van der Waals surface area contributed by atoms with Crippen LogP contribution in [0.1, 0.15) is 52.8 Å². The van der Waals surface area contributed by atoms with Gasteiger partial charge in [-0.1, -0.05) is 28.1 Å². The summed E-state index contributed by atoms with van der Waals surface area (Å²) in [6.07, 6.45) is 0.114. The Balaban J connectivity index is 1.63. The number of ether oxygens (including phenoxy) is 1. The van der Waals surface area contributed by atoms with Crippen molar-refractivity contribution in [1.29, 1.82) is 0 Å². The van der Waals surface area contributed by atoms with E-state index in [1.165, 1.54) is 0 Å². The molecule has 3 aromatic rings. The number of nitrogens with two attached hydrogens (primary N) is 1. The molecule has 0 saturated heterocycles. The van der Waals surface area contributed by atoms with Gasteiger partial charge in [-0.05, 0) is 62.6 Å². The summed E-state index contributed by atoms with van der Waals surface area (Å²) in [7, 11) is 0. The number of nitrogens with zero attached hydrogens (tertiary/aromatic N) is 1. The van der Waals surface area contributed by atoms with Crippen LogP contribution in [0.3, 0.4) is 0 Å². The second-order valence-corrected chi connectivity index (χ2v) is 9.78. The van der Waals surface area contributed by atoms with Crippen molar-refractivity contribution in [3.8, 4) is 0 Å². The van der Waals surface area contributed by atoms with Crippen molar-refractivity contribution >= 4 is 50.5 Å². The third-order valence-corrected chi connectivity index (χ3v) is 5.77. The molecule has 2 heterocycles. The number of furan rings is 1. The van der Waals surface area contributed by atoms with Crippen molar-refractivity contribution in [2.75, 3.05) is 11.9 Å². The van der Waals surface area contributed by atoms with E-state index in [0.29, 0.717) is 36.0 Å². The molecule has 3 amide bonds. The third kappa shape index (κ3) is 4.73. The molecule has 172 valence electrons. The van der Waals surface area contributed by atoms with E-state index in [1.807, 2.05) is 26.8 Å². The van der Waals surface area contributed by atoms with Gasteiger partial charge in [0, 0.05) is 28.5 Å². The summed E-state index contributed by atoms with van der Waals surface area (Å²) in [6.45, 7) is 6.25. The van der Waals surface area contributed by atoms with Crippen LogP contribution in [0.25, 0.3) is 11.0 Å². The van der Waals surface area contributed by atoms with Crippen LogP contribution in [-0.2, 0) is 17.7 Å². The molecule has 33 heavy (non-hydrogen) atoms. The first kappa shape index (κ1) is 22.8. The van der Waals surface area contributed by atoms with Gasteiger partial charge in [0.05, 0.1) is 0 Å². The van der Waals surface area contributed by atoms with Crippen LogP contribution < -0.4 is 11.1 Å². The number of benzene rings is 2. The molecule has 9 heteroatoms. The number of primary amides is 1. The maximum Gasteiger partial charge on any atom is 0.410 e. The Hall–Kier alpha value is -3.33. The van der Waals surface area contributed by atoms with E-state index in [4.69, 9.17) is 14.9 Å². The van der Waals surface area contributed by atoms with E-state index in [-0.39, 0.29) is 23.4 Å². The van der Waals surface area contributed by atoms with E-state index < -0.39 is 11.5 Å². The lowest BCUT2D eigenvalue weighted by atomic mass is 9.94. The molecular formula is C24H24BrN3O5. The fraction of sp³-hybridized carbons (Fsp3) is 0.292. The standard InChI is InChI=1S/C24H24BrN3O5/c1-24(2,3)33-23(31)28-10-9-15-13(12-28)5-4-6-16(15)22(30)27-19-17-11-14(25)7-8-18(17)32-20(19)21(26)29/h4-8,11H,9-10,12H2,1-3H3,(H2,26,29)(H,27,30). The maximum absolute atomic E-state index is 13.3. The fourth-order valence-electron chi connectivity index (χ4n) is 3.85. The average molecular weight is 514 g/mol. The number of nitrogens with one attached hydrogen (secondary N) is 1. The van der Waals surface area contributed by atoms with Crippen molar-refractivity contribution in [1.82, 2.24) is 4.90 Å². The topological polar surface area (TPSA) is 115 Å². The molecule has 0 bridgehead atoms. The van der Waals surface area contributed by atoms with E-state index in [1.54, 1.807) is 35.2 Å². The first-order chi connectivity index (χ1) is 15.5. The molecule has 0 fully saturated rings. The highest BCUT2D eigenvalue weighted by molar-refractivity contribution is 9.10. The Morgan fingerprint density at radius 1 is 1.18 bits per heavy atom. The average Bonchev–Trinajstić information content (AvgIpc) is 3.09. The summed E-state index contributed by atoms with van der Waals surface area (Å²) in [6, 6.07) is 10.6. The highest BCUT2D eigenvalue weighted by Crippen LogP contribution is 2.34. The van der Waals surface area contributed by atoms with Crippen LogP contribution >= 0.6 is 15.9 Å². The number of carbonyl (C=O) groups excluding carboxylic acids is 3. The maximum atomic E-state index is 13.3. The molecule has 8 nitrogen and oxygen atoms in total. The largest absolute Gasteiger partial charge is 0.449 e. The summed E-state index contributed by atoms with van der Waals surface area (Å²) >= 11 is 3.40. The van der Waals surface area contributed by atoms with Crippen molar-refractivity contribution < 1.29 is 23.5 Å². The predicted octanol–water partition coefficient (Wildman–Crippen LogP) is 4.84. The van der Waals surface area contributed by atoms with Crippen LogP contribution in [0.15, 0.2) is 45.3 Å². The van der Waals surface area contributed by atoms with Gasteiger partial charge in [-0.2, -0.15) is 0 Å². The molecule has 2 aromatic carbocycles. The molecule has 0 radical (unpaired) electrons. The Morgan fingerprint density at radius 2 is 1.94 bits per heavy atom. The molecule has 0 spiro atoms. The summed E-state index contributed by atoms with van der Waals surface area (Å²) in [5.41, 5.74) is 7.76. The molecule has 4 rings (SSSR count). The highest BCUT2D eigenvalue weighted by Gasteiger charge is 2.28. The van der Waals surface area contributed by atoms with Gasteiger partial charge in [-0.15, -0.1) is 0 Å². The molecular weight excluding hydrogens is 490 g/mol. The number of hydrogen-bond acceptors (Lipinski definition) is 5. The Labute approximate surface area is 199 Å². The lowest BCUT2D eigenvalue weighted by Crippen LogP contribution is -2.40. The van der Waals surface area contributed by atoms with Crippen molar-refractivity contribution in [2.24, 2.45) is 5.73 Å². The van der Waals surface area contributed by atoms with Crippen LogP contribution in [-0.4, -0.2) is 35.0 Å². The van der Waals surface area contributed by atoms with Crippen LogP contribution in [0.2, 0.25) is 0 Å². The van der Waals surface area contributed by atoms with Gasteiger partial charge in [0.15, 0.2) is 0 Å². The highest BCUT2D eigenvalue weighted by atomic mass is 79.9. The summed E-state index contributed by atoms with van der Waals surface area (Å²) in [4.78, 5) is 39.3. The number of amides is 3. The van der Waals surface area contributed by atoms with E-state index >= 15 is 0 Å². The van der Waals surface area contributed by atoms with Gasteiger partial charge in [0.2, 0.25) is 5.76 Å². The zero-order chi connectivity index (χ0) is 23.9. The van der Waals surface area contributed by atoms with Crippen LogP contribution in [0.5, 0.6) is 0 Å². The summed E-state index contributed by atoms with van der Waals surface area (Å²) < 4.78 is 11.8. The Kier molecular flexibility index (Phi) is 5.92. The van der Waals surface area contributed by atoms with Crippen LogP contribution in [0.4, 0.5) is 10.5 Å². The number of carbonyl (C=O) groups is 3. The smallest absolute Gasteiger partial charge is 0.410 e. The molecule has 1 aliphatic rings. The fourth-order valence-corrected chi connectivity index (χ4v) is 4.21. The molecule has 0 unspecified atom stereocenters. The number of anilines is 1. The van der Waals surface area contributed by atoms with Gasteiger partial charge in [0.1, 0.15) is 16.9 Å². The minimum Gasteiger partial charge on any atom is -0.449 e. The van der Waals surface area contributed by atoms with E-state index in [9.17, 15) is 14.4 Å². The number of halogens is 1. The molecule has 1 aliphatic heterocycles. The molecule has 1 aromatic heterocycles. The lowest BCUT2D eigenvalue weighted by Gasteiger charge is -2.32. The van der Waals surface area contributed by atoms with Gasteiger partial charge in [-0.3, -0.25) is 9.59 Å². The predicted molar refractivity (Wildman–Crippen MR) is 127 cm³/mol. The minimum absolute atomic E-state index is 0.114. The Morgan fingerprint density at radius 3 is 2.64 bits per heavy atom. The quantitative estimate of drug-likeness (QED) is 0.519. The molecule has 0 atom stereocenters. The molecule has 3 N–H and O–H groups in total. The zero-order valence-corrected chi connectivity index (χ0v) is 20.1. The normalized spacial score (nSPS) is 13.5.